The summed E-state index contributed by atoms with van der Waals surface area (Å²) in [5.74, 6) is -1.50. The van der Waals surface area contributed by atoms with E-state index in [0.29, 0.717) is 17.9 Å². The van der Waals surface area contributed by atoms with Crippen LogP contribution >= 0.6 is 11.6 Å². The summed E-state index contributed by atoms with van der Waals surface area (Å²) in [6.07, 6.45) is 0. The highest BCUT2D eigenvalue weighted by molar-refractivity contribution is 6.33. The average molecular weight is 370 g/mol. The Bertz CT molecular complexity index is 967. The van der Waals surface area contributed by atoms with Crippen LogP contribution in [0, 0.1) is 6.92 Å². The van der Waals surface area contributed by atoms with E-state index < -0.39 is 11.9 Å². The standard InChI is InChI=1S/C19H16ClN3O3/c1-12-16(17(20)23(22-12)11-13-6-3-2-4-7-13)18(24)21-15-9-5-8-14(10-15)19(25)26/h2-10H,11H2,1H3,(H,21,24)(H,25,26). The van der Waals surface area contributed by atoms with Gasteiger partial charge in [-0.05, 0) is 30.7 Å². The Morgan fingerprint density at radius 2 is 1.88 bits per heavy atom. The van der Waals surface area contributed by atoms with Gasteiger partial charge < -0.3 is 10.4 Å². The van der Waals surface area contributed by atoms with Crippen molar-refractivity contribution in [3.63, 3.8) is 0 Å². The molecule has 26 heavy (non-hydrogen) atoms. The third kappa shape index (κ3) is 3.75. The van der Waals surface area contributed by atoms with E-state index in [2.05, 4.69) is 10.4 Å². The maximum atomic E-state index is 12.6. The lowest BCUT2D eigenvalue weighted by Gasteiger charge is -2.06. The van der Waals surface area contributed by atoms with E-state index in [-0.39, 0.29) is 16.3 Å². The van der Waals surface area contributed by atoms with Crippen LogP contribution in [0.15, 0.2) is 54.6 Å². The zero-order valence-electron chi connectivity index (χ0n) is 13.9. The summed E-state index contributed by atoms with van der Waals surface area (Å²) in [6.45, 7) is 2.15. The number of aryl methyl sites for hydroxylation is 1. The SMILES string of the molecule is Cc1nn(Cc2ccccc2)c(Cl)c1C(=O)Nc1cccc(C(=O)O)c1. The number of halogens is 1. The number of carbonyl (C=O) groups excluding carboxylic acids is 1. The van der Waals surface area contributed by atoms with Crippen molar-refractivity contribution in [3.05, 3.63) is 82.1 Å². The normalized spacial score (nSPS) is 10.5. The molecule has 0 radical (unpaired) electrons. The molecule has 2 aromatic carbocycles. The second kappa shape index (κ2) is 7.41. The number of rotatable bonds is 5. The molecule has 1 amide bonds. The number of anilines is 1. The molecule has 132 valence electrons. The highest BCUT2D eigenvalue weighted by Crippen LogP contribution is 2.22. The zero-order valence-corrected chi connectivity index (χ0v) is 14.7. The third-order valence-corrected chi connectivity index (χ3v) is 4.22. The highest BCUT2D eigenvalue weighted by Gasteiger charge is 2.20. The molecule has 0 aliphatic heterocycles. The summed E-state index contributed by atoms with van der Waals surface area (Å²) >= 11 is 6.37. The highest BCUT2D eigenvalue weighted by atomic mass is 35.5. The van der Waals surface area contributed by atoms with E-state index in [1.807, 2.05) is 30.3 Å². The largest absolute Gasteiger partial charge is 0.478 e. The van der Waals surface area contributed by atoms with Gasteiger partial charge >= 0.3 is 5.97 Å². The van der Waals surface area contributed by atoms with E-state index in [1.54, 1.807) is 23.7 Å². The zero-order chi connectivity index (χ0) is 18.7. The lowest BCUT2D eigenvalue weighted by Crippen LogP contribution is -2.13. The molecule has 0 bridgehead atoms. The van der Waals surface area contributed by atoms with Gasteiger partial charge in [0.05, 0.1) is 23.4 Å². The van der Waals surface area contributed by atoms with Crippen molar-refractivity contribution in [2.75, 3.05) is 5.32 Å². The maximum Gasteiger partial charge on any atom is 0.335 e. The number of nitrogens with one attached hydrogen (secondary N) is 1. The minimum absolute atomic E-state index is 0.0883. The maximum absolute atomic E-state index is 12.6. The van der Waals surface area contributed by atoms with Crippen LogP contribution in [0.3, 0.4) is 0 Å². The van der Waals surface area contributed by atoms with Gasteiger partial charge in [-0.3, -0.25) is 4.79 Å². The first kappa shape index (κ1) is 17.7. The van der Waals surface area contributed by atoms with Crippen molar-refractivity contribution in [2.24, 2.45) is 0 Å². The van der Waals surface area contributed by atoms with Gasteiger partial charge in [0.1, 0.15) is 5.15 Å². The predicted molar refractivity (Wildman–Crippen MR) is 98.9 cm³/mol. The number of aromatic nitrogens is 2. The number of benzene rings is 2. The number of carboxylic acid groups (broad SMARTS) is 1. The Kier molecular flexibility index (Phi) is 5.04. The fourth-order valence-electron chi connectivity index (χ4n) is 2.60. The van der Waals surface area contributed by atoms with Gasteiger partial charge in [0, 0.05) is 5.69 Å². The summed E-state index contributed by atoms with van der Waals surface area (Å²) in [6, 6.07) is 15.7. The molecule has 2 N–H and O–H groups in total. The van der Waals surface area contributed by atoms with Gasteiger partial charge in [-0.25, -0.2) is 9.48 Å². The number of carboxylic acids is 1. The summed E-state index contributed by atoms with van der Waals surface area (Å²) in [5.41, 5.74) is 2.24. The molecule has 0 atom stereocenters. The summed E-state index contributed by atoms with van der Waals surface area (Å²) in [5, 5.41) is 16.3. The van der Waals surface area contributed by atoms with Crippen molar-refractivity contribution in [2.45, 2.75) is 13.5 Å². The van der Waals surface area contributed by atoms with Crippen LogP contribution in [-0.4, -0.2) is 26.8 Å². The van der Waals surface area contributed by atoms with Crippen LogP contribution in [0.5, 0.6) is 0 Å². The molecule has 1 heterocycles. The monoisotopic (exact) mass is 369 g/mol. The number of amides is 1. The molecule has 1 aromatic heterocycles. The smallest absolute Gasteiger partial charge is 0.335 e. The Balaban J connectivity index is 1.84. The predicted octanol–water partition coefficient (Wildman–Crippen LogP) is 3.84. The second-order valence-electron chi connectivity index (χ2n) is 5.73. The molecule has 0 fully saturated rings. The first-order chi connectivity index (χ1) is 12.5. The van der Waals surface area contributed by atoms with Gasteiger partial charge in [0.15, 0.2) is 0 Å². The van der Waals surface area contributed by atoms with Gasteiger partial charge in [-0.15, -0.1) is 0 Å². The van der Waals surface area contributed by atoms with Gasteiger partial charge in [-0.1, -0.05) is 48.0 Å². The number of hydrogen-bond acceptors (Lipinski definition) is 3. The van der Waals surface area contributed by atoms with Crippen molar-refractivity contribution in [1.82, 2.24) is 9.78 Å². The van der Waals surface area contributed by atoms with Crippen LogP contribution in [0.4, 0.5) is 5.69 Å². The van der Waals surface area contributed by atoms with Crippen LogP contribution in [0.2, 0.25) is 5.15 Å². The minimum atomic E-state index is -1.06. The van der Waals surface area contributed by atoms with E-state index in [0.717, 1.165) is 5.56 Å². The fourth-order valence-corrected chi connectivity index (χ4v) is 2.92. The Labute approximate surface area is 155 Å². The molecular formula is C19H16ClN3O3. The molecule has 3 rings (SSSR count). The second-order valence-corrected chi connectivity index (χ2v) is 6.09. The van der Waals surface area contributed by atoms with Crippen molar-refractivity contribution < 1.29 is 14.7 Å². The molecule has 0 spiro atoms. The molecule has 3 aromatic rings. The van der Waals surface area contributed by atoms with Gasteiger partial charge in [0.25, 0.3) is 5.91 Å². The molecule has 0 saturated carbocycles. The minimum Gasteiger partial charge on any atom is -0.478 e. The third-order valence-electron chi connectivity index (χ3n) is 3.84. The number of hydrogen-bond donors (Lipinski definition) is 2. The quantitative estimate of drug-likeness (QED) is 0.715. The average Bonchev–Trinajstić information content (AvgIpc) is 2.89. The number of carbonyl (C=O) groups is 2. The summed E-state index contributed by atoms with van der Waals surface area (Å²) in [7, 11) is 0. The summed E-state index contributed by atoms with van der Waals surface area (Å²) in [4.78, 5) is 23.7. The van der Waals surface area contributed by atoms with E-state index >= 15 is 0 Å². The van der Waals surface area contributed by atoms with Crippen LogP contribution < -0.4 is 5.32 Å². The van der Waals surface area contributed by atoms with E-state index in [4.69, 9.17) is 16.7 Å². The molecule has 7 heteroatoms. The van der Waals surface area contributed by atoms with Gasteiger partial charge in [-0.2, -0.15) is 5.10 Å². The fraction of sp³-hybridized carbons (Fsp3) is 0.105. The van der Waals surface area contributed by atoms with Crippen LogP contribution in [0.1, 0.15) is 32.0 Å². The molecule has 0 unspecified atom stereocenters. The lowest BCUT2D eigenvalue weighted by molar-refractivity contribution is 0.0696. The first-order valence-electron chi connectivity index (χ1n) is 7.87. The van der Waals surface area contributed by atoms with Crippen LogP contribution in [0.25, 0.3) is 0 Å². The molecule has 6 nitrogen and oxygen atoms in total. The van der Waals surface area contributed by atoms with Crippen molar-refractivity contribution in [1.29, 1.82) is 0 Å². The lowest BCUT2D eigenvalue weighted by atomic mass is 10.2. The molecule has 0 saturated heterocycles. The van der Waals surface area contributed by atoms with Crippen LogP contribution in [-0.2, 0) is 6.54 Å². The summed E-state index contributed by atoms with van der Waals surface area (Å²) < 4.78 is 1.56. The Morgan fingerprint density at radius 1 is 1.15 bits per heavy atom. The van der Waals surface area contributed by atoms with Gasteiger partial charge in [0.2, 0.25) is 0 Å². The van der Waals surface area contributed by atoms with Crippen molar-refractivity contribution >= 4 is 29.2 Å². The first-order valence-corrected chi connectivity index (χ1v) is 8.25. The Hall–Kier alpha value is -3.12. The van der Waals surface area contributed by atoms with Crippen molar-refractivity contribution in [3.8, 4) is 0 Å². The Morgan fingerprint density at radius 3 is 2.58 bits per heavy atom. The molecular weight excluding hydrogens is 354 g/mol. The number of aromatic carboxylic acids is 1. The number of nitrogens with zero attached hydrogens (tertiary/aromatic N) is 2. The molecule has 0 aliphatic rings. The van der Waals surface area contributed by atoms with E-state index in [9.17, 15) is 9.59 Å². The van der Waals surface area contributed by atoms with E-state index in [1.165, 1.54) is 12.1 Å². The molecule has 0 aliphatic carbocycles. The topological polar surface area (TPSA) is 84.2 Å².